The van der Waals surface area contributed by atoms with Crippen molar-refractivity contribution < 1.29 is 32.8 Å². The lowest BCUT2D eigenvalue weighted by Crippen LogP contribution is -2.59. The molecule has 6 aromatic heterocycles. The fourth-order valence-corrected chi connectivity index (χ4v) is 19.5. The Labute approximate surface area is 651 Å². The molecule has 11 aliphatic rings. The van der Waals surface area contributed by atoms with Crippen molar-refractivity contribution >= 4 is 112 Å². The summed E-state index contributed by atoms with van der Waals surface area (Å²) in [6.45, 7) is 32.8. The van der Waals surface area contributed by atoms with Gasteiger partial charge in [0.25, 0.3) is 0 Å². The number of halogens is 3. The van der Waals surface area contributed by atoms with Crippen molar-refractivity contribution in [1.82, 2.24) is 63.2 Å². The molecule has 19 rings (SSSR count). The Balaban J connectivity index is 0.000000122. The molecule has 2 aliphatic carbocycles. The van der Waals surface area contributed by atoms with Crippen molar-refractivity contribution in [3.8, 4) is 11.3 Å². The van der Waals surface area contributed by atoms with Crippen LogP contribution in [0.15, 0.2) is 82.8 Å². The number of fused-ring (bicyclic) bond motifs is 7. The maximum absolute atomic E-state index is 14.6. The standard InChI is InChI=1S/C33H43N7O2.C30H44BN3O4.C9H9BrFN3.C9H11BrN4/c1-21(2)39-20-35-28-17-27(36-31(34)30(28)39)22-6-7-26-29(14-22)40(24-15-23(16-24)37-10-4-3-5-11-37)32(41)33(26)8-12-38(13-9-33)25-18-42-19-25;1-28(2)29(3,4)38-31(37-28)21-8-9-25-26(16-21)34(23-17-22(18-23)32-12-6-5-7-13-32)27(35)30(25)10-14-33(15-11-30)24-19-36-20-24;2*1-5(2)14-4-12-6-3-7(10)13-9(11)8(6)14/h6-7,14,17,20-21,23-25H,3-5,8-13,15-16,18-19H2,1-2H3,(H2,34,36);8-9,16,22-24H,5-7,10-15,17-20H2,1-4H3;3-5H,1-2H3;3-5H,1-2H3,(H2,11,13). The van der Waals surface area contributed by atoms with Gasteiger partial charge in [0.2, 0.25) is 17.8 Å². The lowest BCUT2D eigenvalue weighted by Gasteiger charge is -2.48. The number of aromatic nitrogens is 9. The average Bonchev–Trinajstić information content (AvgIpc) is 1.56. The zero-order chi connectivity index (χ0) is 75.5. The third kappa shape index (κ3) is 13.7. The fourth-order valence-electron chi connectivity index (χ4n) is 18.7. The molecular formula is C81H107BBr2FN17O6. The zero-order valence-electron chi connectivity index (χ0n) is 64.5. The van der Waals surface area contributed by atoms with Crippen LogP contribution in [0, 0.1) is 5.95 Å². The van der Waals surface area contributed by atoms with E-state index >= 15 is 0 Å². The molecule has 9 fully saturated rings. The second-order valence-corrected chi connectivity index (χ2v) is 35.7. The number of ether oxygens (including phenoxy) is 2. The number of rotatable bonds is 11. The van der Waals surface area contributed by atoms with Gasteiger partial charge in [0, 0.05) is 59.2 Å². The highest BCUT2D eigenvalue weighted by molar-refractivity contribution is 9.10. The molecule has 2 saturated carbocycles. The summed E-state index contributed by atoms with van der Waals surface area (Å²) in [6.07, 6.45) is 21.1. The maximum atomic E-state index is 14.6. The first-order valence-electron chi connectivity index (χ1n) is 39.8. The molecule has 0 radical (unpaired) electrons. The van der Waals surface area contributed by atoms with Gasteiger partial charge >= 0.3 is 7.12 Å². The van der Waals surface area contributed by atoms with Crippen LogP contribution in [0.4, 0.5) is 27.4 Å². The average molecular weight is 1600 g/mol. The summed E-state index contributed by atoms with van der Waals surface area (Å²) < 4.78 is 44.3. The van der Waals surface area contributed by atoms with Crippen LogP contribution < -0.4 is 26.7 Å². The number of carbonyl (C=O) groups excluding carboxylic acids is 2. The molecule has 2 amide bonds. The predicted octanol–water partition coefficient (Wildman–Crippen LogP) is 12.7. The number of anilines is 4. The van der Waals surface area contributed by atoms with Gasteiger partial charge in [0.15, 0.2) is 5.82 Å². The first-order valence-corrected chi connectivity index (χ1v) is 41.4. The van der Waals surface area contributed by atoms with Crippen LogP contribution in [0.5, 0.6) is 0 Å². The lowest BCUT2D eigenvalue weighted by atomic mass is 9.71. The molecule has 0 unspecified atom stereocenters. The quantitative estimate of drug-likeness (QED) is 0.0904. The Morgan fingerprint density at radius 1 is 0.481 bits per heavy atom. The van der Waals surface area contributed by atoms with Crippen LogP contribution >= 0.6 is 31.9 Å². The highest BCUT2D eigenvalue weighted by Gasteiger charge is 2.59. The van der Waals surface area contributed by atoms with E-state index in [1.807, 2.05) is 36.9 Å². The number of hydrogen-bond donors (Lipinski definition) is 2. The number of pyridine rings is 3. The summed E-state index contributed by atoms with van der Waals surface area (Å²) in [7, 11) is -0.415. The Morgan fingerprint density at radius 2 is 0.880 bits per heavy atom. The van der Waals surface area contributed by atoms with Crippen LogP contribution in [0.1, 0.15) is 188 Å². The van der Waals surface area contributed by atoms with Gasteiger partial charge in [-0.1, -0.05) is 37.1 Å². The molecule has 0 atom stereocenters. The van der Waals surface area contributed by atoms with E-state index in [1.54, 1.807) is 23.3 Å². The number of nitrogens with zero attached hydrogens (tertiary/aromatic N) is 15. The number of nitrogen functional groups attached to an aromatic ring is 2. The number of piperidine rings is 4. The molecule has 23 nitrogen and oxygen atoms in total. The van der Waals surface area contributed by atoms with Crippen molar-refractivity contribution in [2.45, 2.75) is 236 Å². The second kappa shape index (κ2) is 29.9. The van der Waals surface area contributed by atoms with Crippen LogP contribution in [0.2, 0.25) is 0 Å². The second-order valence-electron chi connectivity index (χ2n) is 34.1. The minimum absolute atomic E-state index is 0.178. The summed E-state index contributed by atoms with van der Waals surface area (Å²) in [5, 5.41) is 0. The van der Waals surface area contributed by atoms with E-state index in [4.69, 9.17) is 35.2 Å². The van der Waals surface area contributed by atoms with Crippen molar-refractivity contribution in [3.05, 3.63) is 99.9 Å². The molecule has 9 aliphatic heterocycles. The Hall–Kier alpha value is -6.53. The summed E-state index contributed by atoms with van der Waals surface area (Å²) in [6, 6.07) is 22.4. The number of benzene rings is 2. The Bertz CT molecular complexity index is 4550. The fraction of sp³-hybridized carbons (Fsp3) is 0.605. The molecule has 2 aromatic carbocycles. The molecule has 4 N–H and O–H groups in total. The number of hydrogen-bond acceptors (Lipinski definition) is 18. The van der Waals surface area contributed by atoms with Gasteiger partial charge < -0.3 is 63.6 Å². The van der Waals surface area contributed by atoms with E-state index in [9.17, 15) is 14.0 Å². The van der Waals surface area contributed by atoms with Gasteiger partial charge in [0.1, 0.15) is 31.6 Å². The first kappa shape index (κ1) is 75.5. The number of carbonyl (C=O) groups is 2. The third-order valence-electron chi connectivity index (χ3n) is 26.2. The number of imidazole rings is 3. The molecule has 7 saturated heterocycles. The SMILES string of the molecule is CC(C)n1cnc2cc(-c3ccc4c(c3)N(C3CC(N5CCCCC5)C3)C(=O)C43CCN(C4COC4)CC3)nc(N)c21.CC(C)n1cnc2cc(Br)nc(F)c21.CC(C)n1cnc2cc(Br)nc(N)c21.CC1(C)OB(c2ccc3c(c2)N(C2CC(N4CCCCC4)C2)C(=O)C32CCN(C3COC3)CC2)OC1(C)C. The maximum Gasteiger partial charge on any atom is 0.494 e. The van der Waals surface area contributed by atoms with Gasteiger partial charge in [-0.3, -0.25) is 19.4 Å². The highest BCUT2D eigenvalue weighted by Crippen LogP contribution is 2.54. The minimum atomic E-state index is -0.486. The first-order chi connectivity index (χ1) is 51.8. The number of likely N-dealkylation sites (tertiary alicyclic amines) is 4. The van der Waals surface area contributed by atoms with Crippen LogP contribution in [-0.4, -0.2) is 208 Å². The van der Waals surface area contributed by atoms with Gasteiger partial charge in [-0.15, -0.1) is 0 Å². The van der Waals surface area contributed by atoms with Crippen molar-refractivity contribution in [2.75, 3.05) is 100 Å². The topological polar surface area (TPSA) is 235 Å². The number of nitrogens with two attached hydrogens (primary N) is 2. The largest absolute Gasteiger partial charge is 0.494 e. The van der Waals surface area contributed by atoms with Crippen LogP contribution in [0.3, 0.4) is 0 Å². The number of amides is 2. The Kier molecular flexibility index (Phi) is 20.9. The van der Waals surface area contributed by atoms with Gasteiger partial charge in [-0.25, -0.2) is 29.9 Å². The van der Waals surface area contributed by atoms with E-state index in [0.717, 1.165) is 159 Å². The predicted molar refractivity (Wildman–Crippen MR) is 429 cm³/mol. The van der Waals surface area contributed by atoms with E-state index in [1.165, 1.54) is 75.8 Å². The zero-order valence-corrected chi connectivity index (χ0v) is 67.7. The molecule has 27 heteroatoms. The van der Waals surface area contributed by atoms with E-state index in [-0.39, 0.29) is 29.3 Å². The molecule has 15 heterocycles. The molecular weight excluding hydrogens is 1500 g/mol. The minimum Gasteiger partial charge on any atom is -0.399 e. The molecule has 576 valence electrons. The van der Waals surface area contributed by atoms with Crippen molar-refractivity contribution in [2.24, 2.45) is 0 Å². The molecule has 2 spiro atoms. The smallest absolute Gasteiger partial charge is 0.399 e. The van der Waals surface area contributed by atoms with E-state index in [0.29, 0.717) is 75.3 Å². The highest BCUT2D eigenvalue weighted by atomic mass is 79.9. The summed E-state index contributed by atoms with van der Waals surface area (Å²) in [5.74, 6) is 1.18. The lowest BCUT2D eigenvalue weighted by molar-refractivity contribution is -0.128. The molecule has 8 aromatic rings. The molecule has 0 bridgehead atoms. The van der Waals surface area contributed by atoms with E-state index in [2.05, 4.69) is 183 Å². The normalized spacial score (nSPS) is 24.9. The van der Waals surface area contributed by atoms with E-state index < -0.39 is 23.9 Å². The van der Waals surface area contributed by atoms with Gasteiger partial charge in [-0.05, 0) is 277 Å². The molecule has 108 heavy (non-hydrogen) atoms. The summed E-state index contributed by atoms with van der Waals surface area (Å²) >= 11 is 6.42. The van der Waals surface area contributed by atoms with Crippen LogP contribution in [0.25, 0.3) is 44.4 Å². The van der Waals surface area contributed by atoms with Crippen LogP contribution in [-0.2, 0) is 39.2 Å². The van der Waals surface area contributed by atoms with Crippen molar-refractivity contribution in [3.63, 3.8) is 0 Å². The Morgan fingerprint density at radius 3 is 1.32 bits per heavy atom. The third-order valence-corrected chi connectivity index (χ3v) is 27.0. The monoisotopic (exact) mass is 1600 g/mol. The van der Waals surface area contributed by atoms with Crippen molar-refractivity contribution in [1.29, 1.82) is 0 Å². The van der Waals surface area contributed by atoms with Gasteiger partial charge in [-0.2, -0.15) is 4.39 Å². The summed E-state index contributed by atoms with van der Waals surface area (Å²) in [4.78, 5) is 69.6. The van der Waals surface area contributed by atoms with Gasteiger partial charge in [0.05, 0.1) is 102 Å². The summed E-state index contributed by atoms with van der Waals surface area (Å²) in [5.41, 5.74) is 22.8.